The zero-order valence-electron chi connectivity index (χ0n) is 23.3. The van der Waals surface area contributed by atoms with Gasteiger partial charge in [0.2, 0.25) is 0 Å². The maximum atomic E-state index is 13.3. The zero-order chi connectivity index (χ0) is 27.9. The predicted octanol–water partition coefficient (Wildman–Crippen LogP) is 5.61. The lowest BCUT2D eigenvalue weighted by atomic mass is 10.00. The van der Waals surface area contributed by atoms with Gasteiger partial charge in [-0.3, -0.25) is 9.69 Å². The number of thiazole rings is 1. The summed E-state index contributed by atoms with van der Waals surface area (Å²) in [7, 11) is 4.97. The van der Waals surface area contributed by atoms with Crippen molar-refractivity contribution in [1.29, 1.82) is 0 Å². The second-order valence-electron chi connectivity index (χ2n) is 9.87. The van der Waals surface area contributed by atoms with Crippen LogP contribution in [0.15, 0.2) is 72.1 Å². The van der Waals surface area contributed by atoms with E-state index < -0.39 is 0 Å². The second kappa shape index (κ2) is 13.0. The number of aromatic nitrogens is 1. The van der Waals surface area contributed by atoms with Gasteiger partial charge in [-0.1, -0.05) is 42.5 Å². The quantitative estimate of drug-likeness (QED) is 0.239. The molecule has 40 heavy (non-hydrogen) atoms. The number of fused-ring (bicyclic) bond motifs is 1. The Morgan fingerprint density at radius 1 is 0.900 bits per heavy atom. The summed E-state index contributed by atoms with van der Waals surface area (Å²) in [5.41, 5.74) is 5.43. The van der Waals surface area contributed by atoms with Gasteiger partial charge >= 0.3 is 0 Å². The molecule has 0 radical (unpaired) electrons. The van der Waals surface area contributed by atoms with E-state index in [1.807, 2.05) is 40.6 Å². The van der Waals surface area contributed by atoms with Crippen LogP contribution in [0.25, 0.3) is 0 Å². The molecule has 8 heteroatoms. The van der Waals surface area contributed by atoms with Gasteiger partial charge in [0.1, 0.15) is 16.5 Å². The number of carbonyl (C=O) groups is 1. The molecular weight excluding hydrogens is 522 g/mol. The minimum Gasteiger partial charge on any atom is -0.497 e. The third-order valence-corrected chi connectivity index (χ3v) is 8.11. The van der Waals surface area contributed by atoms with Crippen molar-refractivity contribution in [3.8, 4) is 17.2 Å². The summed E-state index contributed by atoms with van der Waals surface area (Å²) < 4.78 is 16.2. The number of carbonyl (C=O) groups excluding carboxylic acids is 1. The van der Waals surface area contributed by atoms with Crippen LogP contribution in [0.1, 0.15) is 37.7 Å². The van der Waals surface area contributed by atoms with Crippen molar-refractivity contribution in [3.63, 3.8) is 0 Å². The largest absolute Gasteiger partial charge is 0.497 e. The number of methoxy groups -OCH3 is 3. The Morgan fingerprint density at radius 2 is 1.65 bits per heavy atom. The molecule has 0 spiro atoms. The molecule has 0 aliphatic carbocycles. The van der Waals surface area contributed by atoms with E-state index in [0.29, 0.717) is 18.8 Å². The molecule has 3 aromatic carbocycles. The van der Waals surface area contributed by atoms with E-state index >= 15 is 0 Å². The van der Waals surface area contributed by atoms with Gasteiger partial charge in [-0.05, 0) is 59.4 Å². The van der Waals surface area contributed by atoms with E-state index in [1.54, 1.807) is 32.7 Å². The van der Waals surface area contributed by atoms with E-state index in [0.717, 1.165) is 60.3 Å². The monoisotopic (exact) mass is 557 g/mol. The normalized spacial score (nSPS) is 12.8. The Kier molecular flexibility index (Phi) is 8.98. The number of hydrogen-bond acceptors (Lipinski definition) is 7. The topological polar surface area (TPSA) is 64.1 Å². The van der Waals surface area contributed by atoms with Crippen molar-refractivity contribution >= 4 is 17.2 Å². The van der Waals surface area contributed by atoms with Crippen molar-refractivity contribution in [3.05, 3.63) is 105 Å². The first-order chi connectivity index (χ1) is 19.6. The first-order valence-electron chi connectivity index (χ1n) is 13.4. The van der Waals surface area contributed by atoms with Crippen LogP contribution >= 0.6 is 11.3 Å². The highest BCUT2D eigenvalue weighted by Gasteiger charge is 2.24. The molecule has 0 fully saturated rings. The molecule has 5 rings (SSSR count). The Hall–Kier alpha value is -3.88. The van der Waals surface area contributed by atoms with Crippen LogP contribution in [-0.4, -0.2) is 55.1 Å². The van der Waals surface area contributed by atoms with E-state index in [-0.39, 0.29) is 5.91 Å². The molecule has 0 saturated heterocycles. The Bertz CT molecular complexity index is 1440. The summed E-state index contributed by atoms with van der Waals surface area (Å²) >= 11 is 1.55. The molecule has 2 heterocycles. The summed E-state index contributed by atoms with van der Waals surface area (Å²) in [5.74, 6) is 2.29. The molecule has 208 valence electrons. The second-order valence-corrected chi connectivity index (χ2v) is 10.8. The van der Waals surface area contributed by atoms with E-state index in [2.05, 4.69) is 41.3 Å². The standard InChI is InChI=1S/C32H35N3O4S/c1-37-27-11-8-24(9-12-27)19-34(16-14-23-10-13-29(38-2)30(18-23)39-3)21-31-33-28(22-40-31)32(36)35-17-15-25-6-4-5-7-26(25)20-35/h4-13,18,22H,14-17,19-21H2,1-3H3. The van der Waals surface area contributed by atoms with Gasteiger partial charge in [0, 0.05) is 31.6 Å². The first kappa shape index (κ1) is 27.7. The van der Waals surface area contributed by atoms with Crippen LogP contribution in [0, 0.1) is 0 Å². The summed E-state index contributed by atoms with van der Waals surface area (Å²) in [6, 6.07) is 22.6. The van der Waals surface area contributed by atoms with Gasteiger partial charge in [0.25, 0.3) is 5.91 Å². The number of ether oxygens (including phenoxy) is 3. The minimum atomic E-state index is 0.00374. The van der Waals surface area contributed by atoms with Crippen molar-refractivity contribution in [1.82, 2.24) is 14.8 Å². The molecule has 0 atom stereocenters. The molecule has 0 N–H and O–H groups in total. The third-order valence-electron chi connectivity index (χ3n) is 7.28. The third kappa shape index (κ3) is 6.63. The van der Waals surface area contributed by atoms with Crippen molar-refractivity contribution in [2.45, 2.75) is 32.5 Å². The lowest BCUT2D eigenvalue weighted by Gasteiger charge is -2.28. The maximum absolute atomic E-state index is 13.3. The molecule has 1 aromatic heterocycles. The maximum Gasteiger partial charge on any atom is 0.273 e. The number of hydrogen-bond donors (Lipinski definition) is 0. The summed E-state index contributed by atoms with van der Waals surface area (Å²) in [5, 5.41) is 2.83. The average Bonchev–Trinajstić information content (AvgIpc) is 3.47. The fourth-order valence-corrected chi connectivity index (χ4v) is 5.84. The minimum absolute atomic E-state index is 0.00374. The molecule has 4 aromatic rings. The van der Waals surface area contributed by atoms with Crippen molar-refractivity contribution in [2.75, 3.05) is 34.4 Å². The summed E-state index contributed by atoms with van der Waals surface area (Å²) in [4.78, 5) is 22.4. The number of nitrogens with zero attached hydrogens (tertiary/aromatic N) is 3. The van der Waals surface area contributed by atoms with Crippen molar-refractivity contribution < 1.29 is 19.0 Å². The lowest BCUT2D eigenvalue weighted by molar-refractivity contribution is 0.0729. The van der Waals surface area contributed by atoms with Crippen LogP contribution < -0.4 is 14.2 Å². The molecule has 1 aliphatic heterocycles. The van der Waals surface area contributed by atoms with E-state index in [1.165, 1.54) is 16.7 Å². The predicted molar refractivity (Wildman–Crippen MR) is 157 cm³/mol. The van der Waals surface area contributed by atoms with Gasteiger partial charge in [-0.15, -0.1) is 11.3 Å². The average molecular weight is 558 g/mol. The number of amides is 1. The molecule has 0 unspecified atom stereocenters. The molecular formula is C32H35N3O4S. The molecule has 1 aliphatic rings. The molecule has 0 saturated carbocycles. The molecule has 7 nitrogen and oxygen atoms in total. The molecule has 1 amide bonds. The van der Waals surface area contributed by atoms with E-state index in [4.69, 9.17) is 19.2 Å². The SMILES string of the molecule is COc1ccc(CN(CCc2ccc(OC)c(OC)c2)Cc2nc(C(=O)N3CCc4ccccc4C3)cs2)cc1. The highest BCUT2D eigenvalue weighted by atomic mass is 32.1. The van der Waals surface area contributed by atoms with Gasteiger partial charge in [0.05, 0.1) is 27.9 Å². The van der Waals surface area contributed by atoms with Gasteiger partial charge in [0.15, 0.2) is 11.5 Å². The Balaban J connectivity index is 1.28. The molecule has 0 bridgehead atoms. The van der Waals surface area contributed by atoms with Crippen molar-refractivity contribution in [2.24, 2.45) is 0 Å². The van der Waals surface area contributed by atoms with E-state index in [9.17, 15) is 4.79 Å². The highest BCUT2D eigenvalue weighted by Crippen LogP contribution is 2.28. The summed E-state index contributed by atoms with van der Waals surface area (Å²) in [6.07, 6.45) is 1.71. The van der Waals surface area contributed by atoms with Crippen LogP contribution in [0.5, 0.6) is 17.2 Å². The van der Waals surface area contributed by atoms with Crippen LogP contribution in [-0.2, 0) is 32.5 Å². The Morgan fingerprint density at radius 3 is 2.40 bits per heavy atom. The highest BCUT2D eigenvalue weighted by molar-refractivity contribution is 7.09. The zero-order valence-corrected chi connectivity index (χ0v) is 24.1. The number of benzene rings is 3. The lowest BCUT2D eigenvalue weighted by Crippen LogP contribution is -2.36. The van der Waals surface area contributed by atoms with Gasteiger partial charge in [-0.2, -0.15) is 0 Å². The Labute approximate surface area is 239 Å². The van der Waals surface area contributed by atoms with Crippen LogP contribution in [0.4, 0.5) is 0 Å². The fourth-order valence-electron chi connectivity index (χ4n) is 5.03. The number of rotatable bonds is 11. The smallest absolute Gasteiger partial charge is 0.273 e. The van der Waals surface area contributed by atoms with Crippen LogP contribution in [0.3, 0.4) is 0 Å². The van der Waals surface area contributed by atoms with Crippen LogP contribution in [0.2, 0.25) is 0 Å². The summed E-state index contributed by atoms with van der Waals surface area (Å²) in [6.45, 7) is 3.57. The van der Waals surface area contributed by atoms with Gasteiger partial charge < -0.3 is 19.1 Å². The fraction of sp³-hybridized carbons (Fsp3) is 0.312. The first-order valence-corrected chi connectivity index (χ1v) is 14.3. The van der Waals surface area contributed by atoms with Gasteiger partial charge in [-0.25, -0.2) is 4.98 Å².